The van der Waals surface area contributed by atoms with Crippen LogP contribution in [0.4, 0.5) is 5.69 Å². The van der Waals surface area contributed by atoms with Gasteiger partial charge in [0.2, 0.25) is 11.8 Å². The number of nitrogens with zero attached hydrogens (tertiary/aromatic N) is 1. The molecule has 0 aliphatic carbocycles. The number of hydrogen-bond donors (Lipinski definition) is 2. The zero-order valence-electron chi connectivity index (χ0n) is 20.3. The van der Waals surface area contributed by atoms with Crippen LogP contribution in [0.1, 0.15) is 16.9 Å². The van der Waals surface area contributed by atoms with Gasteiger partial charge in [0, 0.05) is 32.9 Å². The smallest absolute Gasteiger partial charge is 0.250 e. The SMILES string of the molecule is Cc1ccc(-c2nc3cc(NC(=S)NC(=O)/C=C/c4ccc(-c5cc(Cl)cc(Cl)c5)o4)ccc3o2)cc1C. The molecule has 0 atom stereocenters. The lowest BCUT2D eigenvalue weighted by atomic mass is 10.1. The van der Waals surface area contributed by atoms with Gasteiger partial charge in [0.25, 0.3) is 0 Å². The van der Waals surface area contributed by atoms with E-state index in [1.54, 1.807) is 48.5 Å². The Kier molecular flexibility index (Phi) is 7.33. The number of aryl methyl sites for hydroxylation is 2. The number of aromatic nitrogens is 1. The topological polar surface area (TPSA) is 80.3 Å². The lowest BCUT2D eigenvalue weighted by Gasteiger charge is -2.07. The van der Waals surface area contributed by atoms with Gasteiger partial charge in [-0.2, -0.15) is 0 Å². The van der Waals surface area contributed by atoms with Crippen LogP contribution >= 0.6 is 35.4 Å². The lowest BCUT2D eigenvalue weighted by molar-refractivity contribution is -0.115. The number of benzene rings is 3. The fourth-order valence-corrected chi connectivity index (χ4v) is 4.51. The number of oxazole rings is 1. The highest BCUT2D eigenvalue weighted by molar-refractivity contribution is 7.80. The van der Waals surface area contributed by atoms with Gasteiger partial charge in [-0.05, 0) is 104 Å². The number of fused-ring (bicyclic) bond motifs is 1. The highest BCUT2D eigenvalue weighted by Crippen LogP contribution is 2.29. The molecule has 6 nitrogen and oxygen atoms in total. The van der Waals surface area contributed by atoms with Gasteiger partial charge >= 0.3 is 0 Å². The molecule has 1 amide bonds. The van der Waals surface area contributed by atoms with E-state index in [1.165, 1.54) is 17.2 Å². The molecule has 38 heavy (non-hydrogen) atoms. The minimum atomic E-state index is -0.411. The van der Waals surface area contributed by atoms with Crippen molar-refractivity contribution in [3.8, 4) is 22.8 Å². The van der Waals surface area contributed by atoms with Gasteiger partial charge in [0.05, 0.1) is 0 Å². The maximum Gasteiger partial charge on any atom is 0.250 e. The van der Waals surface area contributed by atoms with Crippen molar-refractivity contribution in [2.45, 2.75) is 13.8 Å². The van der Waals surface area contributed by atoms with Crippen molar-refractivity contribution < 1.29 is 13.6 Å². The molecule has 0 saturated heterocycles. The van der Waals surface area contributed by atoms with Gasteiger partial charge in [0.1, 0.15) is 17.0 Å². The van der Waals surface area contributed by atoms with E-state index in [-0.39, 0.29) is 5.11 Å². The van der Waals surface area contributed by atoms with Crippen LogP contribution in [-0.4, -0.2) is 16.0 Å². The Morgan fingerprint density at radius 1 is 0.895 bits per heavy atom. The predicted molar refractivity (Wildman–Crippen MR) is 156 cm³/mol. The minimum absolute atomic E-state index is 0.144. The summed E-state index contributed by atoms with van der Waals surface area (Å²) >= 11 is 17.4. The Bertz CT molecular complexity index is 1700. The molecule has 0 bridgehead atoms. The Morgan fingerprint density at radius 3 is 2.45 bits per heavy atom. The Balaban J connectivity index is 1.21. The fraction of sp³-hybridized carbons (Fsp3) is 0.0690. The minimum Gasteiger partial charge on any atom is -0.457 e. The molecule has 0 aliphatic heterocycles. The van der Waals surface area contributed by atoms with Crippen molar-refractivity contribution in [3.05, 3.63) is 99.7 Å². The highest BCUT2D eigenvalue weighted by Gasteiger charge is 2.11. The lowest BCUT2D eigenvalue weighted by Crippen LogP contribution is -2.32. The van der Waals surface area contributed by atoms with Crippen LogP contribution in [-0.2, 0) is 4.79 Å². The van der Waals surface area contributed by atoms with Crippen molar-refractivity contribution in [3.63, 3.8) is 0 Å². The van der Waals surface area contributed by atoms with E-state index in [9.17, 15) is 4.79 Å². The molecule has 5 rings (SSSR count). The Morgan fingerprint density at radius 2 is 1.68 bits per heavy atom. The normalized spacial score (nSPS) is 11.3. The van der Waals surface area contributed by atoms with Crippen molar-refractivity contribution in [1.29, 1.82) is 0 Å². The summed E-state index contributed by atoms with van der Waals surface area (Å²) in [4.78, 5) is 17.0. The highest BCUT2D eigenvalue weighted by atomic mass is 35.5. The van der Waals surface area contributed by atoms with E-state index in [2.05, 4.69) is 29.5 Å². The first kappa shape index (κ1) is 25.7. The summed E-state index contributed by atoms with van der Waals surface area (Å²) in [6, 6.07) is 20.2. The summed E-state index contributed by atoms with van der Waals surface area (Å²) in [6.07, 6.45) is 2.88. The molecule has 0 fully saturated rings. The quantitative estimate of drug-likeness (QED) is 0.166. The van der Waals surface area contributed by atoms with Gasteiger partial charge in [-0.15, -0.1) is 0 Å². The maximum atomic E-state index is 12.4. The number of anilines is 1. The van der Waals surface area contributed by atoms with Gasteiger partial charge in [-0.3, -0.25) is 10.1 Å². The number of thiocarbonyl (C=S) groups is 1. The van der Waals surface area contributed by atoms with Crippen molar-refractivity contribution in [2.75, 3.05) is 5.32 Å². The van der Waals surface area contributed by atoms with Crippen molar-refractivity contribution >= 4 is 69.3 Å². The van der Waals surface area contributed by atoms with Crippen LogP contribution in [0.2, 0.25) is 10.0 Å². The fourth-order valence-electron chi connectivity index (χ4n) is 3.77. The predicted octanol–water partition coefficient (Wildman–Crippen LogP) is 8.20. The van der Waals surface area contributed by atoms with Crippen LogP contribution in [0.5, 0.6) is 0 Å². The molecule has 0 unspecified atom stereocenters. The molecule has 9 heteroatoms. The Hall–Kier alpha value is -3.91. The third-order valence-corrected chi connectivity index (χ3v) is 6.45. The summed E-state index contributed by atoms with van der Waals surface area (Å²) in [5.41, 5.74) is 6.02. The monoisotopic (exact) mass is 561 g/mol. The van der Waals surface area contributed by atoms with E-state index in [1.807, 2.05) is 24.3 Å². The number of halogens is 2. The molecule has 2 aromatic heterocycles. The summed E-state index contributed by atoms with van der Waals surface area (Å²) < 4.78 is 11.7. The molecule has 5 aromatic rings. The van der Waals surface area contributed by atoms with E-state index in [0.717, 1.165) is 11.1 Å². The van der Waals surface area contributed by atoms with Gasteiger partial charge in [0.15, 0.2) is 10.7 Å². The summed E-state index contributed by atoms with van der Waals surface area (Å²) in [6.45, 7) is 4.12. The molecule has 190 valence electrons. The number of carbonyl (C=O) groups excluding carboxylic acids is 1. The number of hydrogen-bond acceptors (Lipinski definition) is 5. The van der Waals surface area contributed by atoms with Crippen LogP contribution < -0.4 is 10.6 Å². The van der Waals surface area contributed by atoms with E-state index in [0.29, 0.717) is 44.2 Å². The molecular weight excluding hydrogens is 541 g/mol. The molecule has 2 heterocycles. The molecule has 0 radical (unpaired) electrons. The average molecular weight is 562 g/mol. The summed E-state index contributed by atoms with van der Waals surface area (Å²) in [5.74, 6) is 1.20. The largest absolute Gasteiger partial charge is 0.457 e. The molecule has 3 aromatic carbocycles. The molecular formula is C29H21Cl2N3O3S. The van der Waals surface area contributed by atoms with E-state index < -0.39 is 5.91 Å². The number of nitrogens with one attached hydrogen (secondary N) is 2. The van der Waals surface area contributed by atoms with Gasteiger partial charge < -0.3 is 14.2 Å². The number of rotatable bonds is 5. The van der Waals surface area contributed by atoms with Gasteiger partial charge in [-0.25, -0.2) is 4.98 Å². The van der Waals surface area contributed by atoms with Gasteiger partial charge in [-0.1, -0.05) is 29.3 Å². The second kappa shape index (κ2) is 10.8. The number of amides is 1. The number of furan rings is 1. The zero-order chi connectivity index (χ0) is 26.8. The van der Waals surface area contributed by atoms with Crippen LogP contribution in [0.3, 0.4) is 0 Å². The Labute approximate surface area is 234 Å². The van der Waals surface area contributed by atoms with E-state index in [4.69, 9.17) is 44.3 Å². The summed E-state index contributed by atoms with van der Waals surface area (Å²) in [5, 5.41) is 6.77. The summed E-state index contributed by atoms with van der Waals surface area (Å²) in [7, 11) is 0. The number of carbonyl (C=O) groups is 1. The van der Waals surface area contributed by atoms with E-state index >= 15 is 0 Å². The molecule has 0 spiro atoms. The third kappa shape index (κ3) is 5.97. The standard InChI is InChI=1S/C29H21Cl2N3O3S/c1-16-3-4-18(11-17(16)2)28-33-24-15-22(5-8-26(24)37-28)32-29(38)34-27(35)10-7-23-6-9-25(36-23)19-12-20(30)14-21(31)13-19/h3-15H,1-2H3,(H2,32,34,35,38)/b10-7+. The molecule has 2 N–H and O–H groups in total. The zero-order valence-corrected chi connectivity index (χ0v) is 22.7. The molecule has 0 aliphatic rings. The first-order chi connectivity index (χ1) is 18.2. The van der Waals surface area contributed by atoms with Crippen LogP contribution in [0.25, 0.3) is 40.0 Å². The first-order valence-corrected chi connectivity index (χ1v) is 12.7. The third-order valence-electron chi connectivity index (χ3n) is 5.81. The second-order valence-electron chi connectivity index (χ2n) is 8.64. The first-order valence-electron chi connectivity index (χ1n) is 11.6. The maximum absolute atomic E-state index is 12.4. The average Bonchev–Trinajstić information content (AvgIpc) is 3.51. The van der Waals surface area contributed by atoms with Crippen LogP contribution in [0.15, 0.2) is 81.6 Å². The van der Waals surface area contributed by atoms with Crippen molar-refractivity contribution in [1.82, 2.24) is 10.3 Å². The second-order valence-corrected chi connectivity index (χ2v) is 9.92. The van der Waals surface area contributed by atoms with Crippen LogP contribution in [0, 0.1) is 13.8 Å². The molecule has 0 saturated carbocycles. The van der Waals surface area contributed by atoms with Crippen molar-refractivity contribution in [2.24, 2.45) is 0 Å².